The van der Waals surface area contributed by atoms with Crippen molar-refractivity contribution in [3.05, 3.63) is 0 Å². The number of likely N-dealkylation sites (tertiary alicyclic amines) is 1. The Balaban J connectivity index is 1.70. The molecule has 0 atom stereocenters. The van der Waals surface area contributed by atoms with Gasteiger partial charge < -0.3 is 4.90 Å². The van der Waals surface area contributed by atoms with Crippen LogP contribution >= 0.6 is 0 Å². The molecule has 1 saturated carbocycles. The molecule has 1 heteroatoms. The van der Waals surface area contributed by atoms with Gasteiger partial charge in [-0.25, -0.2) is 0 Å². The highest BCUT2D eigenvalue weighted by molar-refractivity contribution is 4.96. The third-order valence-electron chi connectivity index (χ3n) is 4.68. The molecule has 0 radical (unpaired) electrons. The maximum atomic E-state index is 2.68. The molecular formula is C15H29N. The van der Waals surface area contributed by atoms with E-state index in [0.717, 1.165) is 17.3 Å². The zero-order chi connectivity index (χ0) is 11.6. The third-order valence-corrected chi connectivity index (χ3v) is 4.68. The minimum atomic E-state index is 0.799. The van der Waals surface area contributed by atoms with Crippen LogP contribution in [0.3, 0.4) is 0 Å². The van der Waals surface area contributed by atoms with Crippen LogP contribution < -0.4 is 0 Å². The minimum Gasteiger partial charge on any atom is -0.303 e. The fourth-order valence-electron chi connectivity index (χ4n) is 3.91. The molecule has 16 heavy (non-hydrogen) atoms. The Morgan fingerprint density at radius 3 is 2.31 bits per heavy atom. The molecule has 1 saturated heterocycles. The van der Waals surface area contributed by atoms with Gasteiger partial charge in [-0.15, -0.1) is 0 Å². The highest BCUT2D eigenvalue weighted by Gasteiger charge is 2.44. The van der Waals surface area contributed by atoms with Crippen molar-refractivity contribution in [2.24, 2.45) is 17.3 Å². The summed E-state index contributed by atoms with van der Waals surface area (Å²) in [6.45, 7) is 11.1. The molecule has 2 rings (SSSR count). The Hall–Kier alpha value is -0.0400. The summed E-state index contributed by atoms with van der Waals surface area (Å²) in [4.78, 5) is 2.68. The summed E-state index contributed by atoms with van der Waals surface area (Å²) in [5, 5.41) is 0. The van der Waals surface area contributed by atoms with Crippen molar-refractivity contribution in [1.29, 1.82) is 0 Å². The molecule has 0 amide bonds. The van der Waals surface area contributed by atoms with E-state index in [1.54, 1.807) is 12.8 Å². The van der Waals surface area contributed by atoms with Crippen LogP contribution in [0, 0.1) is 17.3 Å². The molecule has 1 spiro atoms. The lowest BCUT2D eigenvalue weighted by Crippen LogP contribution is -2.47. The van der Waals surface area contributed by atoms with Crippen molar-refractivity contribution in [2.75, 3.05) is 19.6 Å². The van der Waals surface area contributed by atoms with Crippen LogP contribution in [0.2, 0.25) is 0 Å². The van der Waals surface area contributed by atoms with Crippen LogP contribution in [0.4, 0.5) is 0 Å². The van der Waals surface area contributed by atoms with E-state index in [2.05, 4.69) is 25.7 Å². The topological polar surface area (TPSA) is 3.24 Å². The standard InChI is InChI=1S/C15H29N/c1-4-5-14-10-15(11-14)6-8-16(9-7-15)12-13(2)3/h13-14H,4-12H2,1-3H3. The van der Waals surface area contributed by atoms with Gasteiger partial charge >= 0.3 is 0 Å². The van der Waals surface area contributed by atoms with Crippen molar-refractivity contribution in [3.63, 3.8) is 0 Å². The van der Waals surface area contributed by atoms with Gasteiger partial charge in [0.25, 0.3) is 0 Å². The van der Waals surface area contributed by atoms with Gasteiger partial charge in [-0.1, -0.05) is 33.6 Å². The first-order chi connectivity index (χ1) is 7.63. The lowest BCUT2D eigenvalue weighted by Gasteiger charge is -2.52. The quantitative estimate of drug-likeness (QED) is 0.698. The fourth-order valence-corrected chi connectivity index (χ4v) is 3.91. The second kappa shape index (κ2) is 5.08. The number of piperidine rings is 1. The molecule has 0 aromatic rings. The van der Waals surface area contributed by atoms with Gasteiger partial charge in [0.2, 0.25) is 0 Å². The van der Waals surface area contributed by atoms with Crippen LogP contribution in [-0.2, 0) is 0 Å². The van der Waals surface area contributed by atoms with Crippen molar-refractivity contribution in [3.8, 4) is 0 Å². The number of rotatable bonds is 4. The summed E-state index contributed by atoms with van der Waals surface area (Å²) in [6.07, 6.45) is 8.95. The van der Waals surface area contributed by atoms with Gasteiger partial charge in [0.15, 0.2) is 0 Å². The fraction of sp³-hybridized carbons (Fsp3) is 1.00. The van der Waals surface area contributed by atoms with Crippen LogP contribution in [-0.4, -0.2) is 24.5 Å². The molecule has 1 aliphatic heterocycles. The first-order valence-electron chi connectivity index (χ1n) is 7.36. The van der Waals surface area contributed by atoms with E-state index in [4.69, 9.17) is 0 Å². The summed E-state index contributed by atoms with van der Waals surface area (Å²) in [5.74, 6) is 1.92. The van der Waals surface area contributed by atoms with Crippen molar-refractivity contribution in [1.82, 2.24) is 4.90 Å². The van der Waals surface area contributed by atoms with Crippen LogP contribution in [0.5, 0.6) is 0 Å². The Bertz CT molecular complexity index is 205. The molecular weight excluding hydrogens is 194 g/mol. The summed E-state index contributed by atoms with van der Waals surface area (Å²) in [5.41, 5.74) is 0.799. The lowest BCUT2D eigenvalue weighted by atomic mass is 9.56. The number of nitrogens with zero attached hydrogens (tertiary/aromatic N) is 1. The normalized spacial score (nSPS) is 26.2. The molecule has 0 N–H and O–H groups in total. The zero-order valence-electron chi connectivity index (χ0n) is 11.5. The molecule has 1 aliphatic carbocycles. The maximum absolute atomic E-state index is 2.68. The molecule has 1 heterocycles. The lowest BCUT2D eigenvalue weighted by molar-refractivity contribution is -0.0185. The Kier molecular flexibility index (Phi) is 3.94. The first-order valence-corrected chi connectivity index (χ1v) is 7.36. The van der Waals surface area contributed by atoms with Gasteiger partial charge in [0.05, 0.1) is 0 Å². The molecule has 0 aromatic carbocycles. The van der Waals surface area contributed by atoms with E-state index in [-0.39, 0.29) is 0 Å². The SMILES string of the molecule is CCCC1CC2(CCN(CC(C)C)CC2)C1. The molecule has 1 nitrogen and oxygen atoms in total. The molecule has 0 aromatic heterocycles. The van der Waals surface area contributed by atoms with Crippen molar-refractivity contribution < 1.29 is 0 Å². The van der Waals surface area contributed by atoms with Gasteiger partial charge in [-0.05, 0) is 56.0 Å². The Morgan fingerprint density at radius 1 is 1.19 bits per heavy atom. The summed E-state index contributed by atoms with van der Waals surface area (Å²) < 4.78 is 0. The van der Waals surface area contributed by atoms with Crippen molar-refractivity contribution in [2.45, 2.75) is 59.3 Å². The molecule has 0 bridgehead atoms. The Labute approximate surface area is 102 Å². The monoisotopic (exact) mass is 223 g/mol. The first kappa shape index (κ1) is 12.4. The summed E-state index contributed by atoms with van der Waals surface area (Å²) in [6, 6.07) is 0. The van der Waals surface area contributed by atoms with Crippen LogP contribution in [0.1, 0.15) is 59.3 Å². The number of hydrogen-bond acceptors (Lipinski definition) is 1. The van der Waals surface area contributed by atoms with E-state index >= 15 is 0 Å². The zero-order valence-corrected chi connectivity index (χ0v) is 11.5. The van der Waals surface area contributed by atoms with E-state index in [1.165, 1.54) is 45.3 Å². The molecule has 94 valence electrons. The predicted molar refractivity (Wildman–Crippen MR) is 70.6 cm³/mol. The van der Waals surface area contributed by atoms with Gasteiger partial charge in [0, 0.05) is 6.54 Å². The molecule has 2 fully saturated rings. The van der Waals surface area contributed by atoms with Gasteiger partial charge in [0.1, 0.15) is 0 Å². The van der Waals surface area contributed by atoms with Crippen LogP contribution in [0.25, 0.3) is 0 Å². The van der Waals surface area contributed by atoms with Gasteiger partial charge in [-0.3, -0.25) is 0 Å². The van der Waals surface area contributed by atoms with E-state index in [9.17, 15) is 0 Å². The predicted octanol–water partition coefficient (Wildman–Crippen LogP) is 3.93. The smallest absolute Gasteiger partial charge is 0.000439 e. The average molecular weight is 223 g/mol. The summed E-state index contributed by atoms with van der Waals surface area (Å²) in [7, 11) is 0. The van der Waals surface area contributed by atoms with Gasteiger partial charge in [-0.2, -0.15) is 0 Å². The average Bonchev–Trinajstić information content (AvgIpc) is 2.18. The van der Waals surface area contributed by atoms with Crippen LogP contribution in [0.15, 0.2) is 0 Å². The largest absolute Gasteiger partial charge is 0.303 e. The molecule has 0 unspecified atom stereocenters. The van der Waals surface area contributed by atoms with E-state index < -0.39 is 0 Å². The second-order valence-electron chi connectivity index (χ2n) is 6.76. The second-order valence-corrected chi connectivity index (χ2v) is 6.76. The Morgan fingerprint density at radius 2 is 1.81 bits per heavy atom. The molecule has 2 aliphatic rings. The third kappa shape index (κ3) is 2.80. The highest BCUT2D eigenvalue weighted by Crippen LogP contribution is 2.53. The van der Waals surface area contributed by atoms with E-state index in [1.807, 2.05) is 0 Å². The van der Waals surface area contributed by atoms with E-state index in [0.29, 0.717) is 0 Å². The van der Waals surface area contributed by atoms with Crippen molar-refractivity contribution >= 4 is 0 Å². The summed E-state index contributed by atoms with van der Waals surface area (Å²) >= 11 is 0. The highest BCUT2D eigenvalue weighted by atomic mass is 15.1. The number of hydrogen-bond donors (Lipinski definition) is 0. The maximum Gasteiger partial charge on any atom is 0.000439 e. The minimum absolute atomic E-state index is 0.799.